The average Bonchev–Trinajstić information content (AvgIpc) is 2.78. The van der Waals surface area contributed by atoms with Crippen LogP contribution in [0.15, 0.2) is 85.4 Å². The lowest BCUT2D eigenvalue weighted by atomic mass is 10.0. The predicted octanol–water partition coefficient (Wildman–Crippen LogP) is 4.61. The second-order valence-corrected chi connectivity index (χ2v) is 6.95. The molecule has 0 spiro atoms. The number of aliphatic carboxylic acids is 1. The van der Waals surface area contributed by atoms with E-state index in [1.54, 1.807) is 0 Å². The number of hydrogen-bond donors (Lipinski definition) is 3. The van der Waals surface area contributed by atoms with Gasteiger partial charge in [0.25, 0.3) is 0 Å². The Bertz CT molecular complexity index is 952. The van der Waals surface area contributed by atoms with Crippen molar-refractivity contribution in [1.29, 1.82) is 0 Å². The van der Waals surface area contributed by atoms with Crippen molar-refractivity contribution >= 4 is 11.7 Å². The van der Waals surface area contributed by atoms with Crippen molar-refractivity contribution in [1.82, 2.24) is 10.8 Å². The van der Waals surface area contributed by atoms with Gasteiger partial charge in [-0.05, 0) is 27.8 Å². The quantitative estimate of drug-likeness (QED) is 0.323. The molecule has 5 heteroatoms. The van der Waals surface area contributed by atoms with Gasteiger partial charge in [-0.3, -0.25) is 15.1 Å². The summed E-state index contributed by atoms with van der Waals surface area (Å²) in [5.41, 5.74) is 9.03. The van der Waals surface area contributed by atoms with Crippen molar-refractivity contribution in [3.63, 3.8) is 0 Å². The van der Waals surface area contributed by atoms with Gasteiger partial charge in [0.05, 0.1) is 18.7 Å². The van der Waals surface area contributed by atoms with Crippen LogP contribution in [0.25, 0.3) is 16.8 Å². The molecule has 0 radical (unpaired) electrons. The first-order valence-corrected chi connectivity index (χ1v) is 9.85. The third kappa shape index (κ3) is 6.58. The molecule has 0 aliphatic rings. The molecule has 0 fully saturated rings. The lowest BCUT2D eigenvalue weighted by Gasteiger charge is -2.11. The maximum atomic E-state index is 10.5. The van der Waals surface area contributed by atoms with Crippen LogP contribution in [0.5, 0.6) is 0 Å². The van der Waals surface area contributed by atoms with Crippen LogP contribution in [0.3, 0.4) is 0 Å². The third-order valence-electron chi connectivity index (χ3n) is 4.64. The molecule has 0 saturated carbocycles. The highest BCUT2D eigenvalue weighted by Crippen LogP contribution is 2.19. The van der Waals surface area contributed by atoms with Crippen LogP contribution in [-0.4, -0.2) is 17.6 Å². The number of carboxylic acids is 1. The fourth-order valence-corrected chi connectivity index (χ4v) is 2.94. The van der Waals surface area contributed by atoms with Gasteiger partial charge in [0.1, 0.15) is 0 Å². The smallest absolute Gasteiger partial charge is 0.304 e. The first-order valence-electron chi connectivity index (χ1n) is 9.85. The molecule has 0 aromatic heterocycles. The highest BCUT2D eigenvalue weighted by Gasteiger charge is 2.02. The first-order chi connectivity index (χ1) is 14.6. The zero-order valence-corrected chi connectivity index (χ0v) is 16.8. The Morgan fingerprint density at radius 1 is 0.867 bits per heavy atom. The van der Waals surface area contributed by atoms with Gasteiger partial charge in [-0.2, -0.15) is 0 Å². The van der Waals surface area contributed by atoms with Gasteiger partial charge in [0.2, 0.25) is 0 Å². The van der Waals surface area contributed by atoms with E-state index in [1.165, 1.54) is 11.1 Å². The molecule has 3 rings (SSSR count). The van der Waals surface area contributed by atoms with Crippen molar-refractivity contribution in [3.05, 3.63) is 102 Å². The molecule has 0 aliphatic heterocycles. The minimum atomic E-state index is -0.799. The molecule has 0 unspecified atom stereocenters. The summed E-state index contributed by atoms with van der Waals surface area (Å²) >= 11 is 0. The number of benzene rings is 3. The number of carboxylic acid groups (broad SMARTS) is 1. The maximum absolute atomic E-state index is 10.5. The van der Waals surface area contributed by atoms with Crippen molar-refractivity contribution in [2.75, 3.05) is 6.54 Å². The van der Waals surface area contributed by atoms with Gasteiger partial charge >= 0.3 is 5.97 Å². The van der Waals surface area contributed by atoms with Gasteiger partial charge in [0.15, 0.2) is 0 Å². The minimum absolute atomic E-state index is 0.116. The normalized spacial score (nSPS) is 10.5. The number of hydrogen-bond acceptors (Lipinski definition) is 4. The Balaban J connectivity index is 1.42. The number of nitrogens with one attached hydrogen (secondary N) is 2. The Hall–Kier alpha value is -3.41. The Labute approximate surface area is 177 Å². The second kappa shape index (κ2) is 11.0. The summed E-state index contributed by atoms with van der Waals surface area (Å²) in [4.78, 5) is 16.1. The average molecular weight is 402 g/mol. The molecule has 154 valence electrons. The highest BCUT2D eigenvalue weighted by atomic mass is 16.6. The van der Waals surface area contributed by atoms with E-state index >= 15 is 0 Å². The fourth-order valence-electron chi connectivity index (χ4n) is 2.94. The van der Waals surface area contributed by atoms with E-state index in [0.29, 0.717) is 25.4 Å². The summed E-state index contributed by atoms with van der Waals surface area (Å²) in [6.07, 6.45) is 0.116. The topological polar surface area (TPSA) is 70.6 Å². The molecule has 3 aromatic carbocycles. The van der Waals surface area contributed by atoms with E-state index in [4.69, 9.17) is 9.94 Å². The van der Waals surface area contributed by atoms with Gasteiger partial charge in [-0.15, -0.1) is 0 Å². The van der Waals surface area contributed by atoms with Crippen LogP contribution in [-0.2, 0) is 22.8 Å². The summed E-state index contributed by atoms with van der Waals surface area (Å²) in [5, 5.41) is 11.7. The second-order valence-electron chi connectivity index (χ2n) is 6.95. The maximum Gasteiger partial charge on any atom is 0.304 e. The molecule has 0 heterocycles. The molecule has 3 N–H and O–H groups in total. The SMILES string of the molecule is C=C(NOCc1ccc(-c2ccccc2)cc1)c1ccc(CNCCC(=O)O)cc1. The van der Waals surface area contributed by atoms with E-state index in [1.807, 2.05) is 42.5 Å². The Morgan fingerprint density at radius 3 is 2.17 bits per heavy atom. The molecule has 0 amide bonds. The largest absolute Gasteiger partial charge is 0.481 e. The van der Waals surface area contributed by atoms with Gasteiger partial charge in [-0.25, -0.2) is 0 Å². The van der Waals surface area contributed by atoms with Gasteiger partial charge in [0, 0.05) is 13.1 Å². The summed E-state index contributed by atoms with van der Waals surface area (Å²) in [7, 11) is 0. The van der Waals surface area contributed by atoms with Crippen LogP contribution < -0.4 is 10.8 Å². The lowest BCUT2D eigenvalue weighted by molar-refractivity contribution is -0.136. The first kappa shape index (κ1) is 21.3. The zero-order chi connectivity index (χ0) is 21.2. The molecule has 0 bridgehead atoms. The Morgan fingerprint density at radius 2 is 1.50 bits per heavy atom. The predicted molar refractivity (Wildman–Crippen MR) is 119 cm³/mol. The van der Waals surface area contributed by atoms with E-state index in [2.05, 4.69) is 53.8 Å². The van der Waals surface area contributed by atoms with Gasteiger partial charge < -0.3 is 10.4 Å². The summed E-state index contributed by atoms with van der Waals surface area (Å²) in [5.74, 6) is -0.799. The molecular weight excluding hydrogens is 376 g/mol. The lowest BCUT2D eigenvalue weighted by Crippen LogP contribution is -2.17. The molecular formula is C25H26N2O3. The third-order valence-corrected chi connectivity index (χ3v) is 4.64. The summed E-state index contributed by atoms with van der Waals surface area (Å²) < 4.78 is 0. The number of hydroxylamine groups is 1. The molecule has 5 nitrogen and oxygen atoms in total. The molecule has 0 saturated heterocycles. The van der Waals surface area contributed by atoms with Crippen molar-refractivity contribution in [3.8, 4) is 11.1 Å². The summed E-state index contributed by atoms with van der Waals surface area (Å²) in [6, 6.07) is 26.4. The van der Waals surface area contributed by atoms with Gasteiger partial charge in [-0.1, -0.05) is 85.4 Å². The number of carbonyl (C=O) groups is 1. The highest BCUT2D eigenvalue weighted by molar-refractivity contribution is 5.67. The minimum Gasteiger partial charge on any atom is -0.481 e. The molecule has 30 heavy (non-hydrogen) atoms. The van der Waals surface area contributed by atoms with E-state index in [9.17, 15) is 4.79 Å². The summed E-state index contributed by atoms with van der Waals surface area (Å²) in [6.45, 7) is 5.53. The van der Waals surface area contributed by atoms with E-state index in [-0.39, 0.29) is 6.42 Å². The molecule has 0 atom stereocenters. The van der Waals surface area contributed by atoms with Crippen LogP contribution in [0.1, 0.15) is 23.1 Å². The monoisotopic (exact) mass is 402 g/mol. The fraction of sp³-hybridized carbons (Fsp3) is 0.160. The molecule has 0 aliphatic carbocycles. The van der Waals surface area contributed by atoms with Crippen LogP contribution >= 0.6 is 0 Å². The van der Waals surface area contributed by atoms with Crippen molar-refractivity contribution in [2.45, 2.75) is 19.6 Å². The Kier molecular flexibility index (Phi) is 7.78. The van der Waals surface area contributed by atoms with Crippen molar-refractivity contribution in [2.24, 2.45) is 0 Å². The van der Waals surface area contributed by atoms with Crippen LogP contribution in [0.2, 0.25) is 0 Å². The van der Waals surface area contributed by atoms with Crippen LogP contribution in [0.4, 0.5) is 0 Å². The van der Waals surface area contributed by atoms with E-state index in [0.717, 1.165) is 16.7 Å². The van der Waals surface area contributed by atoms with Crippen molar-refractivity contribution < 1.29 is 14.7 Å². The van der Waals surface area contributed by atoms with Crippen LogP contribution in [0, 0.1) is 0 Å². The zero-order valence-electron chi connectivity index (χ0n) is 16.8. The number of rotatable bonds is 11. The van der Waals surface area contributed by atoms with E-state index < -0.39 is 5.97 Å². The molecule has 3 aromatic rings. The standard InChI is InChI=1S/C25H26N2O3/c1-19(22-11-7-20(8-12-22)17-26-16-15-25(28)29)27-30-18-21-9-13-24(14-10-21)23-5-3-2-4-6-23/h2-14,26-27H,1,15-18H2,(H,28,29).